The monoisotopic (exact) mass is 367 g/mol. The molecule has 0 amide bonds. The molecule has 1 N–H and O–H groups in total. The summed E-state index contributed by atoms with van der Waals surface area (Å²) in [5, 5.41) is 0. The van der Waals surface area contributed by atoms with Crippen LogP contribution in [0.15, 0.2) is 59.1 Å². The molecule has 2 aromatic heterocycles. The molecule has 0 saturated carbocycles. The molecule has 23 heavy (non-hydrogen) atoms. The quantitative estimate of drug-likeness (QED) is 0.753. The summed E-state index contributed by atoms with van der Waals surface area (Å²) in [7, 11) is -1.87. The van der Waals surface area contributed by atoms with Gasteiger partial charge in [0.1, 0.15) is 16.1 Å². The Morgan fingerprint density at radius 3 is 2.52 bits per heavy atom. The number of imidazole rings is 1. The Kier molecular flexibility index (Phi) is 4.54. The Morgan fingerprint density at radius 2 is 1.96 bits per heavy atom. The molecule has 0 aliphatic heterocycles. The molecule has 0 aliphatic rings. The van der Waals surface area contributed by atoms with Gasteiger partial charge in [0.25, 0.3) is 10.0 Å². The van der Waals surface area contributed by atoms with Gasteiger partial charge in [0.2, 0.25) is 0 Å². The summed E-state index contributed by atoms with van der Waals surface area (Å²) < 4.78 is 30.4. The second kappa shape index (κ2) is 6.45. The minimum atomic E-state index is -3.70. The van der Waals surface area contributed by atoms with Crippen molar-refractivity contribution in [2.75, 3.05) is 0 Å². The van der Waals surface area contributed by atoms with Gasteiger partial charge in [0.15, 0.2) is 0 Å². The normalized spacial score (nSPS) is 13.1. The van der Waals surface area contributed by atoms with E-state index >= 15 is 0 Å². The van der Waals surface area contributed by atoms with Crippen LogP contribution in [0.3, 0.4) is 0 Å². The van der Waals surface area contributed by atoms with Gasteiger partial charge in [-0.2, -0.15) is 4.72 Å². The first-order valence-corrected chi connectivity index (χ1v) is 9.45. The fourth-order valence-corrected chi connectivity index (χ4v) is 4.91. The molecule has 3 aromatic rings. The van der Waals surface area contributed by atoms with Crippen molar-refractivity contribution in [2.24, 2.45) is 7.05 Å². The van der Waals surface area contributed by atoms with E-state index in [2.05, 4.69) is 9.71 Å². The number of aromatic nitrogens is 2. The molecule has 1 atom stereocenters. The summed E-state index contributed by atoms with van der Waals surface area (Å²) in [4.78, 5) is 4.29. The van der Waals surface area contributed by atoms with Crippen LogP contribution in [0.4, 0.5) is 0 Å². The zero-order chi connectivity index (χ0) is 16.4. The standard InChI is InChI=1S/C15H14ClN3O2S2/c1-19-10-9-17-15(19)14(11-5-3-2-4-6-11)18-23(20,21)13-8-7-12(16)22-13/h2-10,14,18H,1H3. The molecule has 0 spiro atoms. The first-order valence-electron chi connectivity index (χ1n) is 6.77. The smallest absolute Gasteiger partial charge is 0.251 e. The second-order valence-electron chi connectivity index (χ2n) is 4.92. The maximum atomic E-state index is 12.6. The first kappa shape index (κ1) is 16.2. The fourth-order valence-electron chi connectivity index (χ4n) is 2.23. The van der Waals surface area contributed by atoms with E-state index in [4.69, 9.17) is 11.6 Å². The van der Waals surface area contributed by atoms with E-state index in [0.29, 0.717) is 10.2 Å². The van der Waals surface area contributed by atoms with Gasteiger partial charge in [0, 0.05) is 19.4 Å². The SMILES string of the molecule is Cn1ccnc1C(NS(=O)(=O)c1ccc(Cl)s1)c1ccccc1. The number of nitrogens with zero attached hydrogens (tertiary/aromatic N) is 2. The summed E-state index contributed by atoms with van der Waals surface area (Å²) in [6.45, 7) is 0. The minimum Gasteiger partial charge on any atom is -0.336 e. The highest BCUT2D eigenvalue weighted by Gasteiger charge is 2.26. The summed E-state index contributed by atoms with van der Waals surface area (Å²) >= 11 is 6.88. The maximum absolute atomic E-state index is 12.6. The Labute approximate surface area is 143 Å². The van der Waals surface area contributed by atoms with E-state index in [1.54, 1.807) is 23.0 Å². The molecule has 1 unspecified atom stereocenters. The Morgan fingerprint density at radius 1 is 1.22 bits per heavy atom. The molecular weight excluding hydrogens is 354 g/mol. The van der Waals surface area contributed by atoms with E-state index in [1.807, 2.05) is 37.4 Å². The zero-order valence-electron chi connectivity index (χ0n) is 12.2. The van der Waals surface area contributed by atoms with Crippen molar-refractivity contribution in [3.63, 3.8) is 0 Å². The van der Waals surface area contributed by atoms with Gasteiger partial charge in [-0.3, -0.25) is 0 Å². The van der Waals surface area contributed by atoms with Gasteiger partial charge in [0.05, 0.1) is 4.34 Å². The van der Waals surface area contributed by atoms with Crippen LogP contribution in [0.1, 0.15) is 17.4 Å². The Hall–Kier alpha value is -1.67. The lowest BCUT2D eigenvalue weighted by molar-refractivity contribution is 0.565. The summed E-state index contributed by atoms with van der Waals surface area (Å²) in [5.41, 5.74) is 0.813. The van der Waals surface area contributed by atoms with Gasteiger partial charge >= 0.3 is 0 Å². The van der Waals surface area contributed by atoms with E-state index < -0.39 is 16.1 Å². The molecule has 0 aliphatic carbocycles. The molecule has 8 heteroatoms. The highest BCUT2D eigenvalue weighted by Crippen LogP contribution is 2.28. The average Bonchev–Trinajstić information content (AvgIpc) is 3.15. The molecule has 2 heterocycles. The molecule has 0 bridgehead atoms. The average molecular weight is 368 g/mol. The molecule has 1 aromatic carbocycles. The summed E-state index contributed by atoms with van der Waals surface area (Å²) in [6.07, 6.45) is 3.42. The number of rotatable bonds is 5. The number of benzene rings is 1. The number of sulfonamides is 1. The van der Waals surface area contributed by atoms with Crippen LogP contribution in [0, 0.1) is 0 Å². The topological polar surface area (TPSA) is 64.0 Å². The van der Waals surface area contributed by atoms with Crippen molar-refractivity contribution in [1.82, 2.24) is 14.3 Å². The minimum absolute atomic E-state index is 0.178. The lowest BCUT2D eigenvalue weighted by Crippen LogP contribution is -2.30. The number of halogens is 1. The molecule has 3 rings (SSSR count). The molecular formula is C15H14ClN3O2S2. The second-order valence-corrected chi connectivity index (χ2v) is 8.58. The van der Waals surface area contributed by atoms with Crippen molar-refractivity contribution in [3.8, 4) is 0 Å². The molecule has 120 valence electrons. The lowest BCUT2D eigenvalue weighted by atomic mass is 10.1. The van der Waals surface area contributed by atoms with Crippen LogP contribution >= 0.6 is 22.9 Å². The molecule has 0 fully saturated rings. The van der Waals surface area contributed by atoms with E-state index in [0.717, 1.165) is 16.9 Å². The van der Waals surface area contributed by atoms with Crippen molar-refractivity contribution in [1.29, 1.82) is 0 Å². The van der Waals surface area contributed by atoms with Crippen molar-refractivity contribution >= 4 is 33.0 Å². The third kappa shape index (κ3) is 3.48. The summed E-state index contributed by atoms with van der Waals surface area (Å²) in [6, 6.07) is 11.8. The number of nitrogens with one attached hydrogen (secondary N) is 1. The largest absolute Gasteiger partial charge is 0.336 e. The van der Waals surface area contributed by atoms with Crippen LogP contribution in [0.2, 0.25) is 4.34 Å². The van der Waals surface area contributed by atoms with Crippen LogP contribution in [-0.2, 0) is 17.1 Å². The predicted molar refractivity (Wildman–Crippen MR) is 91.1 cm³/mol. The summed E-state index contributed by atoms with van der Waals surface area (Å²) in [5.74, 6) is 0.613. The number of aryl methyl sites for hydroxylation is 1. The Balaban J connectivity index is 2.02. The highest BCUT2D eigenvalue weighted by molar-refractivity contribution is 7.91. The van der Waals surface area contributed by atoms with Gasteiger partial charge in [-0.15, -0.1) is 11.3 Å². The van der Waals surface area contributed by atoms with Crippen molar-refractivity contribution < 1.29 is 8.42 Å². The third-order valence-electron chi connectivity index (χ3n) is 3.34. The van der Waals surface area contributed by atoms with Gasteiger partial charge in [-0.1, -0.05) is 41.9 Å². The van der Waals surface area contributed by atoms with Crippen LogP contribution in [0.5, 0.6) is 0 Å². The van der Waals surface area contributed by atoms with Crippen molar-refractivity contribution in [2.45, 2.75) is 10.3 Å². The van der Waals surface area contributed by atoms with E-state index in [1.165, 1.54) is 6.07 Å². The third-order valence-corrected chi connectivity index (χ3v) is 6.48. The maximum Gasteiger partial charge on any atom is 0.251 e. The fraction of sp³-hybridized carbons (Fsp3) is 0.133. The molecule has 0 radical (unpaired) electrons. The van der Waals surface area contributed by atoms with Gasteiger partial charge < -0.3 is 4.57 Å². The van der Waals surface area contributed by atoms with Crippen LogP contribution in [0.25, 0.3) is 0 Å². The number of thiophene rings is 1. The number of hydrogen-bond donors (Lipinski definition) is 1. The molecule has 5 nitrogen and oxygen atoms in total. The van der Waals surface area contributed by atoms with E-state index in [9.17, 15) is 8.42 Å². The van der Waals surface area contributed by atoms with Gasteiger partial charge in [-0.25, -0.2) is 13.4 Å². The zero-order valence-corrected chi connectivity index (χ0v) is 14.6. The number of hydrogen-bond acceptors (Lipinski definition) is 4. The predicted octanol–water partition coefficient (Wildman–Crippen LogP) is 3.20. The highest BCUT2D eigenvalue weighted by atomic mass is 35.5. The van der Waals surface area contributed by atoms with Crippen LogP contribution in [-0.4, -0.2) is 18.0 Å². The Bertz CT molecular complexity index is 904. The lowest BCUT2D eigenvalue weighted by Gasteiger charge is -2.18. The van der Waals surface area contributed by atoms with E-state index in [-0.39, 0.29) is 4.21 Å². The van der Waals surface area contributed by atoms with Crippen LogP contribution < -0.4 is 4.72 Å². The van der Waals surface area contributed by atoms with Crippen molar-refractivity contribution in [3.05, 3.63) is 70.6 Å². The molecule has 0 saturated heterocycles. The van der Waals surface area contributed by atoms with Gasteiger partial charge in [-0.05, 0) is 17.7 Å². The first-order chi connectivity index (χ1) is 11.0.